The summed E-state index contributed by atoms with van der Waals surface area (Å²) in [5.74, 6) is 2.81. The number of benzene rings is 3. The van der Waals surface area contributed by atoms with E-state index in [9.17, 15) is 8.42 Å². The van der Waals surface area contributed by atoms with E-state index >= 15 is 0 Å². The number of methoxy groups -OCH3 is 1. The van der Waals surface area contributed by atoms with Gasteiger partial charge in [0.25, 0.3) is 0 Å². The smallest absolute Gasteiger partial charge is 0.243 e. The maximum atomic E-state index is 13.4. The molecular weight excluding hydrogens is 462 g/mol. The molecule has 0 saturated carbocycles. The molecule has 182 valence electrons. The Kier molecular flexibility index (Phi) is 6.25. The molecule has 35 heavy (non-hydrogen) atoms. The van der Waals surface area contributed by atoms with Crippen LogP contribution in [0, 0.1) is 13.8 Å². The summed E-state index contributed by atoms with van der Waals surface area (Å²) in [6.45, 7) is 6.10. The van der Waals surface area contributed by atoms with E-state index in [0.717, 1.165) is 39.7 Å². The van der Waals surface area contributed by atoms with Gasteiger partial charge in [-0.25, -0.2) is 13.4 Å². The minimum absolute atomic E-state index is 0.246. The van der Waals surface area contributed by atoms with Crippen LogP contribution in [-0.2, 0) is 10.0 Å². The van der Waals surface area contributed by atoms with E-state index in [2.05, 4.69) is 11.0 Å². The summed E-state index contributed by atoms with van der Waals surface area (Å²) in [6.07, 6.45) is 0.685. The van der Waals surface area contributed by atoms with Crippen LogP contribution in [-0.4, -0.2) is 56.7 Å². The van der Waals surface area contributed by atoms with Crippen LogP contribution in [0.3, 0.4) is 0 Å². The first kappa shape index (κ1) is 23.4. The lowest BCUT2D eigenvalue weighted by Crippen LogP contribution is -2.37. The lowest BCUT2D eigenvalue weighted by Gasteiger charge is -2.25. The quantitative estimate of drug-likeness (QED) is 0.522. The second-order valence-corrected chi connectivity index (χ2v) is 10.9. The second-order valence-electron chi connectivity index (χ2n) is 8.93. The number of rotatable bonds is 3. The molecule has 0 radical (unpaired) electrons. The largest absolute Gasteiger partial charge is 0.497 e. The van der Waals surface area contributed by atoms with Crippen molar-refractivity contribution in [3.05, 3.63) is 77.4 Å². The number of hydrogen-bond donors (Lipinski definition) is 0. The van der Waals surface area contributed by atoms with Crippen molar-refractivity contribution in [1.82, 2.24) is 9.21 Å². The van der Waals surface area contributed by atoms with Crippen LogP contribution < -0.4 is 9.47 Å². The van der Waals surface area contributed by atoms with Crippen molar-refractivity contribution < 1.29 is 17.9 Å². The molecule has 2 aliphatic rings. The topological polar surface area (TPSA) is 71.4 Å². The number of ether oxygens (including phenoxy) is 2. The average molecular weight is 492 g/mol. The third kappa shape index (κ3) is 4.63. The van der Waals surface area contributed by atoms with Gasteiger partial charge in [0.15, 0.2) is 5.75 Å². The van der Waals surface area contributed by atoms with Crippen LogP contribution in [0.5, 0.6) is 17.2 Å². The van der Waals surface area contributed by atoms with Crippen LogP contribution in [0.2, 0.25) is 0 Å². The van der Waals surface area contributed by atoms with Crippen LogP contribution in [0.4, 0.5) is 5.69 Å². The zero-order chi connectivity index (χ0) is 24.6. The molecular formula is C27H29N3O4S. The molecule has 0 unspecified atom stereocenters. The summed E-state index contributed by atoms with van der Waals surface area (Å²) in [6, 6.07) is 18.7. The molecule has 7 nitrogen and oxygen atoms in total. The Labute approximate surface area is 206 Å². The lowest BCUT2D eigenvalue weighted by molar-refractivity contribution is 0.404. The molecule has 8 heteroatoms. The van der Waals surface area contributed by atoms with E-state index in [1.54, 1.807) is 28.6 Å². The Balaban J connectivity index is 1.47. The van der Waals surface area contributed by atoms with E-state index in [4.69, 9.17) is 14.5 Å². The molecule has 3 aromatic rings. The molecule has 0 amide bonds. The van der Waals surface area contributed by atoms with Crippen molar-refractivity contribution in [3.8, 4) is 17.2 Å². The minimum atomic E-state index is -3.64. The van der Waals surface area contributed by atoms with Gasteiger partial charge in [0.05, 0.1) is 17.6 Å². The highest BCUT2D eigenvalue weighted by Gasteiger charge is 2.30. The molecule has 0 N–H and O–H groups in total. The molecule has 1 saturated heterocycles. The fourth-order valence-corrected chi connectivity index (χ4v) is 6.00. The molecule has 0 aromatic heterocycles. The highest BCUT2D eigenvalue weighted by molar-refractivity contribution is 7.89. The maximum Gasteiger partial charge on any atom is 0.243 e. The standard InChI is InChI=1S/C27H29N3O4S/c1-19-9-11-25-23(16-19)27(28-24-10-8-20(2)17-26(24)34-25)29-12-5-13-30(15-14-29)35(31,32)22-7-4-6-21(18-22)33-3/h4,6-11,16-18H,5,12-15H2,1-3H3. The molecule has 0 aliphatic carbocycles. The van der Waals surface area contributed by atoms with Crippen LogP contribution in [0.1, 0.15) is 23.1 Å². The minimum Gasteiger partial charge on any atom is -0.497 e. The van der Waals surface area contributed by atoms with E-state index in [0.29, 0.717) is 38.3 Å². The van der Waals surface area contributed by atoms with Crippen LogP contribution >= 0.6 is 0 Å². The summed E-state index contributed by atoms with van der Waals surface area (Å²) < 4.78 is 39.8. The normalized spacial score (nSPS) is 16.3. The van der Waals surface area contributed by atoms with Gasteiger partial charge in [-0.15, -0.1) is 0 Å². The van der Waals surface area contributed by atoms with Crippen molar-refractivity contribution in [2.24, 2.45) is 4.99 Å². The SMILES string of the molecule is COc1cccc(S(=O)(=O)N2CCCN(C3=Nc4ccc(C)cc4Oc4ccc(C)cc43)CC2)c1. The number of amidine groups is 1. The van der Waals surface area contributed by atoms with Crippen molar-refractivity contribution in [1.29, 1.82) is 0 Å². The van der Waals surface area contributed by atoms with Crippen molar-refractivity contribution in [2.45, 2.75) is 25.2 Å². The number of nitrogens with zero attached hydrogens (tertiary/aromatic N) is 3. The number of fused-ring (bicyclic) bond motifs is 2. The summed E-state index contributed by atoms with van der Waals surface area (Å²) in [4.78, 5) is 7.45. The van der Waals surface area contributed by atoms with Gasteiger partial charge in [0.2, 0.25) is 10.0 Å². The number of hydrogen-bond acceptors (Lipinski definition) is 6. The first-order valence-corrected chi connectivity index (χ1v) is 13.2. The van der Waals surface area contributed by atoms with Gasteiger partial charge >= 0.3 is 0 Å². The Bertz CT molecular complexity index is 1400. The van der Waals surface area contributed by atoms with E-state index in [-0.39, 0.29) is 4.90 Å². The summed E-state index contributed by atoms with van der Waals surface area (Å²) >= 11 is 0. The van der Waals surface area contributed by atoms with Gasteiger partial charge < -0.3 is 14.4 Å². The van der Waals surface area contributed by atoms with E-state index < -0.39 is 10.0 Å². The highest BCUT2D eigenvalue weighted by atomic mass is 32.2. The van der Waals surface area contributed by atoms with Crippen molar-refractivity contribution in [2.75, 3.05) is 33.3 Å². The lowest BCUT2D eigenvalue weighted by atomic mass is 10.1. The van der Waals surface area contributed by atoms with Gasteiger partial charge in [-0.3, -0.25) is 0 Å². The van der Waals surface area contributed by atoms with E-state index in [1.807, 2.05) is 44.2 Å². The molecule has 0 bridgehead atoms. The molecule has 2 aliphatic heterocycles. The Morgan fingerprint density at radius 2 is 1.69 bits per heavy atom. The Morgan fingerprint density at radius 3 is 2.51 bits per heavy atom. The highest BCUT2D eigenvalue weighted by Crippen LogP contribution is 2.39. The summed E-state index contributed by atoms with van der Waals surface area (Å²) in [7, 11) is -2.10. The number of sulfonamides is 1. The fourth-order valence-electron chi connectivity index (χ4n) is 4.49. The predicted octanol–water partition coefficient (Wildman–Crippen LogP) is 4.89. The molecule has 0 atom stereocenters. The van der Waals surface area contributed by atoms with Crippen LogP contribution in [0.15, 0.2) is 70.6 Å². The Morgan fingerprint density at radius 1 is 0.886 bits per heavy atom. The zero-order valence-corrected chi connectivity index (χ0v) is 21.0. The number of aliphatic imine (C=N–C) groups is 1. The number of aryl methyl sites for hydroxylation is 2. The first-order chi connectivity index (χ1) is 16.8. The fraction of sp³-hybridized carbons (Fsp3) is 0.296. The van der Waals surface area contributed by atoms with Gasteiger partial charge in [-0.1, -0.05) is 23.8 Å². The zero-order valence-electron chi connectivity index (χ0n) is 20.2. The van der Waals surface area contributed by atoms with Crippen molar-refractivity contribution in [3.63, 3.8) is 0 Å². The third-order valence-corrected chi connectivity index (χ3v) is 8.27. The average Bonchev–Trinajstić information content (AvgIpc) is 3.19. The molecule has 5 rings (SSSR count). The van der Waals surface area contributed by atoms with Gasteiger partial charge in [0, 0.05) is 32.2 Å². The van der Waals surface area contributed by atoms with Crippen molar-refractivity contribution >= 4 is 21.5 Å². The van der Waals surface area contributed by atoms with Gasteiger partial charge in [-0.05, 0) is 62.2 Å². The summed E-state index contributed by atoms with van der Waals surface area (Å²) in [5.41, 5.74) is 3.90. The maximum absolute atomic E-state index is 13.4. The predicted molar refractivity (Wildman–Crippen MR) is 137 cm³/mol. The third-order valence-electron chi connectivity index (χ3n) is 6.37. The van der Waals surface area contributed by atoms with Gasteiger partial charge in [0.1, 0.15) is 23.0 Å². The monoisotopic (exact) mass is 491 g/mol. The van der Waals surface area contributed by atoms with Gasteiger partial charge in [-0.2, -0.15) is 4.31 Å². The molecule has 0 spiro atoms. The second kappa shape index (κ2) is 9.36. The van der Waals surface area contributed by atoms with E-state index in [1.165, 1.54) is 7.11 Å². The molecule has 1 fully saturated rings. The molecule has 2 heterocycles. The molecule has 3 aromatic carbocycles. The van der Waals surface area contributed by atoms with Crippen LogP contribution in [0.25, 0.3) is 0 Å². The summed E-state index contributed by atoms with van der Waals surface area (Å²) in [5, 5.41) is 0. The first-order valence-electron chi connectivity index (χ1n) is 11.7. The Hall–Kier alpha value is -3.36.